The number of benzene rings is 1. The van der Waals surface area contributed by atoms with Crippen LogP contribution in [0.3, 0.4) is 0 Å². The Morgan fingerprint density at radius 2 is 1.85 bits per heavy atom. The number of esters is 1. The van der Waals surface area contributed by atoms with Gasteiger partial charge >= 0.3 is 5.97 Å². The van der Waals surface area contributed by atoms with Crippen LogP contribution in [-0.4, -0.2) is 51.7 Å². The average Bonchev–Trinajstić information content (AvgIpc) is 3.02. The van der Waals surface area contributed by atoms with E-state index in [1.165, 1.54) is 21.3 Å². The predicted molar refractivity (Wildman–Crippen MR) is 108 cm³/mol. The Morgan fingerprint density at radius 1 is 1.15 bits per heavy atom. The van der Waals surface area contributed by atoms with Crippen molar-refractivity contribution in [3.05, 3.63) is 28.5 Å². The number of ether oxygens (including phenoxy) is 4. The molecule has 1 heterocycles. The number of halogens is 1. The summed E-state index contributed by atoms with van der Waals surface area (Å²) in [5.74, 6) is 1.52. The minimum Gasteiger partial charge on any atom is -0.493 e. The Hall–Kier alpha value is -2.03. The van der Waals surface area contributed by atoms with Crippen LogP contribution in [0.15, 0.2) is 12.1 Å². The minimum atomic E-state index is -0.555. The molecule has 7 nitrogen and oxygen atoms in total. The number of carbonyl (C=O) groups excluding carboxylic acids is 1. The molecule has 9 heteroatoms. The molecule has 2 aromatic rings. The van der Waals surface area contributed by atoms with Crippen molar-refractivity contribution < 1.29 is 23.7 Å². The summed E-state index contributed by atoms with van der Waals surface area (Å²) in [4.78, 5) is 15.1. The quantitative estimate of drug-likeness (QED) is 0.332. The Morgan fingerprint density at radius 3 is 2.41 bits per heavy atom. The summed E-state index contributed by atoms with van der Waals surface area (Å²) >= 11 is 10.7. The summed E-state index contributed by atoms with van der Waals surface area (Å²) in [5, 5.41) is 3.48. The van der Waals surface area contributed by atoms with Crippen LogP contribution in [0.5, 0.6) is 17.2 Å². The van der Waals surface area contributed by atoms with Gasteiger partial charge in [-0.1, -0.05) is 11.6 Å². The predicted octanol–water partition coefficient (Wildman–Crippen LogP) is 3.17. The maximum atomic E-state index is 12.1. The zero-order chi connectivity index (χ0) is 20.0. The standard InChI is InChI=1S/C18H23ClN2O5S/c1-23-12-6-5-10(16(24-2)17(12)25-3)13-11(9-20-7-8-27)21-15(14(13)19)18(22)26-4/h5-6,20-21,27H,7-9H2,1-4H3. The Balaban J connectivity index is 2.68. The topological polar surface area (TPSA) is 81.8 Å². The van der Waals surface area contributed by atoms with Crippen molar-refractivity contribution in [3.63, 3.8) is 0 Å². The maximum absolute atomic E-state index is 12.1. The van der Waals surface area contributed by atoms with Gasteiger partial charge in [0.25, 0.3) is 0 Å². The van der Waals surface area contributed by atoms with Gasteiger partial charge in [0.1, 0.15) is 5.69 Å². The smallest absolute Gasteiger partial charge is 0.356 e. The van der Waals surface area contributed by atoms with Crippen molar-refractivity contribution in [2.24, 2.45) is 0 Å². The molecule has 1 aromatic heterocycles. The second-order valence-corrected chi connectivity index (χ2v) is 6.27. The van der Waals surface area contributed by atoms with Gasteiger partial charge < -0.3 is 29.2 Å². The van der Waals surface area contributed by atoms with Gasteiger partial charge in [-0.05, 0) is 12.1 Å². The van der Waals surface area contributed by atoms with Gasteiger partial charge in [0, 0.05) is 35.7 Å². The minimum absolute atomic E-state index is 0.175. The lowest BCUT2D eigenvalue weighted by atomic mass is 10.0. The lowest BCUT2D eigenvalue weighted by Crippen LogP contribution is -2.16. The van der Waals surface area contributed by atoms with E-state index in [9.17, 15) is 4.79 Å². The van der Waals surface area contributed by atoms with E-state index in [-0.39, 0.29) is 10.7 Å². The van der Waals surface area contributed by atoms with Crippen LogP contribution in [0.4, 0.5) is 0 Å². The van der Waals surface area contributed by atoms with Gasteiger partial charge in [0.05, 0.1) is 33.5 Å². The van der Waals surface area contributed by atoms with Crippen LogP contribution in [0, 0.1) is 0 Å². The zero-order valence-corrected chi connectivity index (χ0v) is 17.3. The highest BCUT2D eigenvalue weighted by Crippen LogP contribution is 2.47. The molecule has 2 N–H and O–H groups in total. The molecule has 27 heavy (non-hydrogen) atoms. The third kappa shape index (κ3) is 4.28. The van der Waals surface area contributed by atoms with Crippen LogP contribution >= 0.6 is 24.2 Å². The molecule has 0 aliphatic carbocycles. The SMILES string of the molecule is COC(=O)c1[nH]c(CNCCS)c(-c2ccc(OC)c(OC)c2OC)c1Cl. The maximum Gasteiger partial charge on any atom is 0.356 e. The van der Waals surface area contributed by atoms with Crippen LogP contribution in [-0.2, 0) is 11.3 Å². The van der Waals surface area contributed by atoms with Gasteiger partial charge in [-0.25, -0.2) is 4.79 Å². The van der Waals surface area contributed by atoms with E-state index in [4.69, 9.17) is 30.5 Å². The normalized spacial score (nSPS) is 10.6. The summed E-state index contributed by atoms with van der Waals surface area (Å²) in [6.07, 6.45) is 0. The number of H-pyrrole nitrogens is 1. The first-order valence-corrected chi connectivity index (χ1v) is 9.14. The monoisotopic (exact) mass is 414 g/mol. The number of thiol groups is 1. The summed E-state index contributed by atoms with van der Waals surface area (Å²) < 4.78 is 21.2. The van der Waals surface area contributed by atoms with Crippen molar-refractivity contribution in [2.75, 3.05) is 40.7 Å². The summed E-state index contributed by atoms with van der Waals surface area (Å²) in [6.45, 7) is 1.14. The molecule has 0 amide bonds. The van der Waals surface area contributed by atoms with Crippen molar-refractivity contribution in [3.8, 4) is 28.4 Å². The molecule has 0 spiro atoms. The third-order valence-electron chi connectivity index (χ3n) is 3.97. The van der Waals surface area contributed by atoms with E-state index in [2.05, 4.69) is 22.9 Å². The van der Waals surface area contributed by atoms with E-state index in [0.717, 1.165) is 0 Å². The van der Waals surface area contributed by atoms with Crippen molar-refractivity contribution in [2.45, 2.75) is 6.54 Å². The molecular weight excluding hydrogens is 392 g/mol. The summed E-state index contributed by atoms with van der Waals surface area (Å²) in [6, 6.07) is 3.56. The molecule has 1 aromatic carbocycles. The fourth-order valence-electron chi connectivity index (χ4n) is 2.77. The first kappa shape index (κ1) is 21.3. The highest BCUT2D eigenvalue weighted by atomic mass is 35.5. The highest BCUT2D eigenvalue weighted by molar-refractivity contribution is 7.80. The first-order chi connectivity index (χ1) is 13.0. The van der Waals surface area contributed by atoms with Crippen LogP contribution < -0.4 is 19.5 Å². The van der Waals surface area contributed by atoms with Gasteiger partial charge in [-0.2, -0.15) is 12.6 Å². The number of rotatable bonds is 9. The number of aromatic nitrogens is 1. The number of carbonyl (C=O) groups is 1. The fourth-order valence-corrected chi connectivity index (χ4v) is 3.27. The Labute approximate surface area is 168 Å². The molecule has 0 unspecified atom stereocenters. The van der Waals surface area contributed by atoms with Crippen molar-refractivity contribution in [1.82, 2.24) is 10.3 Å². The number of hydrogen-bond acceptors (Lipinski definition) is 7. The van der Waals surface area contributed by atoms with E-state index in [0.29, 0.717) is 52.9 Å². The summed E-state index contributed by atoms with van der Waals surface area (Å²) in [7, 11) is 5.90. The molecule has 0 saturated carbocycles. The molecule has 0 aliphatic heterocycles. The number of nitrogens with one attached hydrogen (secondary N) is 2. The molecule has 0 aliphatic rings. The molecule has 0 atom stereocenters. The largest absolute Gasteiger partial charge is 0.493 e. The fraction of sp³-hybridized carbons (Fsp3) is 0.389. The van der Waals surface area contributed by atoms with E-state index >= 15 is 0 Å². The van der Waals surface area contributed by atoms with Crippen molar-refractivity contribution in [1.29, 1.82) is 0 Å². The van der Waals surface area contributed by atoms with Gasteiger partial charge in [-0.15, -0.1) is 0 Å². The molecular formula is C18H23ClN2O5S. The second kappa shape index (κ2) is 9.77. The molecule has 0 radical (unpaired) electrons. The molecule has 0 bridgehead atoms. The van der Waals surface area contributed by atoms with E-state index < -0.39 is 5.97 Å². The van der Waals surface area contributed by atoms with Crippen LogP contribution in [0.25, 0.3) is 11.1 Å². The molecule has 2 rings (SSSR count). The highest BCUT2D eigenvalue weighted by Gasteiger charge is 2.26. The molecule has 0 fully saturated rings. The zero-order valence-electron chi connectivity index (χ0n) is 15.6. The lowest BCUT2D eigenvalue weighted by molar-refractivity contribution is 0.0595. The van der Waals surface area contributed by atoms with E-state index in [1.807, 2.05) is 0 Å². The van der Waals surface area contributed by atoms with Crippen molar-refractivity contribution >= 4 is 30.2 Å². The Bertz CT molecular complexity index is 810. The average molecular weight is 415 g/mol. The summed E-state index contributed by atoms with van der Waals surface area (Å²) in [5.41, 5.74) is 2.18. The van der Waals surface area contributed by atoms with Crippen LogP contribution in [0.1, 0.15) is 16.2 Å². The van der Waals surface area contributed by atoms with E-state index in [1.54, 1.807) is 19.2 Å². The molecule has 0 saturated heterocycles. The third-order valence-corrected chi connectivity index (χ3v) is 4.57. The molecule has 148 valence electrons. The number of aromatic amines is 1. The lowest BCUT2D eigenvalue weighted by Gasteiger charge is -2.16. The second-order valence-electron chi connectivity index (χ2n) is 5.44. The van der Waals surface area contributed by atoms with Crippen LogP contribution in [0.2, 0.25) is 5.02 Å². The van der Waals surface area contributed by atoms with Gasteiger partial charge in [0.15, 0.2) is 11.5 Å². The first-order valence-electron chi connectivity index (χ1n) is 8.13. The van der Waals surface area contributed by atoms with Gasteiger partial charge in [0.2, 0.25) is 5.75 Å². The number of hydrogen-bond donors (Lipinski definition) is 3. The Kier molecular flexibility index (Phi) is 7.70. The number of methoxy groups -OCH3 is 4. The van der Waals surface area contributed by atoms with Gasteiger partial charge in [-0.3, -0.25) is 0 Å².